The zero-order valence-electron chi connectivity index (χ0n) is 21.8. The smallest absolute Gasteiger partial charge is 1.00 e. The number of aryl methyl sites for hydroxylation is 1. The number of rotatable bonds is 3. The number of allylic oxidation sites excluding steroid dienone is 1. The first-order chi connectivity index (χ1) is 16.7. The Hall–Kier alpha value is -1.70. The summed E-state index contributed by atoms with van der Waals surface area (Å²) in [5.74, 6) is 0.300. The summed E-state index contributed by atoms with van der Waals surface area (Å²) < 4.78 is 0. The topological polar surface area (TPSA) is 0 Å². The van der Waals surface area contributed by atoms with E-state index in [-0.39, 0.29) is 51.0 Å². The van der Waals surface area contributed by atoms with E-state index in [1.807, 2.05) is 0 Å². The third-order valence-electron chi connectivity index (χ3n) is 6.99. The van der Waals surface area contributed by atoms with Crippen molar-refractivity contribution in [2.45, 2.75) is 45.7 Å². The zero-order chi connectivity index (χ0) is 23.7. The molecule has 0 amide bonds. The van der Waals surface area contributed by atoms with E-state index >= 15 is 0 Å². The van der Waals surface area contributed by atoms with Gasteiger partial charge in [-0.1, -0.05) is 104 Å². The van der Waals surface area contributed by atoms with Crippen LogP contribution in [0, 0.1) is 13.0 Å². The molecular formula is C33H31Cl2SiZr. The fourth-order valence-electron chi connectivity index (χ4n) is 5.55. The predicted octanol–water partition coefficient (Wildman–Crippen LogP) is 2.76. The van der Waals surface area contributed by atoms with E-state index < -0.39 is 0 Å². The van der Waals surface area contributed by atoms with E-state index in [0.717, 1.165) is 22.4 Å². The average molecular weight is 618 g/mol. The minimum Gasteiger partial charge on any atom is -1.00 e. The Labute approximate surface area is 256 Å². The van der Waals surface area contributed by atoms with E-state index in [2.05, 4.69) is 118 Å². The summed E-state index contributed by atoms with van der Waals surface area (Å²) >= 11 is 0. The van der Waals surface area contributed by atoms with Crippen LogP contribution in [0.15, 0.2) is 84.4 Å². The molecule has 185 valence electrons. The summed E-state index contributed by atoms with van der Waals surface area (Å²) in [5, 5.41) is 0. The molecule has 0 fully saturated rings. The quantitative estimate of drug-likeness (QED) is 0.216. The Kier molecular flexibility index (Phi) is 11.8. The van der Waals surface area contributed by atoms with Crippen LogP contribution in [0.1, 0.15) is 52.6 Å². The van der Waals surface area contributed by atoms with E-state index in [0.29, 0.717) is 5.92 Å². The predicted molar refractivity (Wildman–Crippen MR) is 148 cm³/mol. The van der Waals surface area contributed by atoms with E-state index in [1.54, 1.807) is 0 Å². The average Bonchev–Trinajstić information content (AvgIpc) is 3.42. The van der Waals surface area contributed by atoms with Crippen LogP contribution < -0.4 is 24.8 Å². The van der Waals surface area contributed by atoms with Crippen molar-refractivity contribution in [3.05, 3.63) is 124 Å². The Morgan fingerprint density at radius 3 is 2.30 bits per heavy atom. The van der Waals surface area contributed by atoms with Gasteiger partial charge in [0.25, 0.3) is 0 Å². The van der Waals surface area contributed by atoms with Gasteiger partial charge in [-0.3, -0.25) is 0 Å². The van der Waals surface area contributed by atoms with Crippen molar-refractivity contribution in [3.63, 3.8) is 0 Å². The van der Waals surface area contributed by atoms with Crippen molar-refractivity contribution in [2.24, 2.45) is 0 Å². The molecule has 2 aliphatic carbocycles. The Morgan fingerprint density at radius 1 is 0.865 bits per heavy atom. The van der Waals surface area contributed by atoms with Gasteiger partial charge < -0.3 is 24.8 Å². The summed E-state index contributed by atoms with van der Waals surface area (Å²) in [6.45, 7) is 8.76. The number of halogens is 2. The molecule has 0 bridgehead atoms. The monoisotopic (exact) mass is 615 g/mol. The zero-order valence-corrected chi connectivity index (χ0v) is 26.8. The van der Waals surface area contributed by atoms with E-state index in [4.69, 9.17) is 0 Å². The maximum Gasteiger partial charge on any atom is 3.00 e. The molecule has 4 heteroatoms. The molecular weight excluding hydrogens is 587 g/mol. The van der Waals surface area contributed by atoms with Crippen molar-refractivity contribution in [2.75, 3.05) is 0 Å². The van der Waals surface area contributed by atoms with Crippen LogP contribution in [-0.4, -0.2) is 9.52 Å². The van der Waals surface area contributed by atoms with Gasteiger partial charge in [-0.2, -0.15) is 18.2 Å². The third-order valence-corrected chi connectivity index (χ3v) is 6.99. The SMILES string of the molecule is CCC1=Cc2c(-c3cccc(C)c3)cccc2C1c1[c-]ccc2c1Cc1ccccc1-2.C[Si]C.[Cl-].[Cl-].[Zr+3]. The molecule has 0 aliphatic heterocycles. The van der Waals surface area contributed by atoms with Gasteiger partial charge in [-0.05, 0) is 53.1 Å². The van der Waals surface area contributed by atoms with Gasteiger partial charge in [-0.25, -0.2) is 0 Å². The van der Waals surface area contributed by atoms with Gasteiger partial charge in [-0.15, -0.1) is 16.7 Å². The van der Waals surface area contributed by atoms with E-state index in [9.17, 15) is 0 Å². The molecule has 0 spiro atoms. The summed E-state index contributed by atoms with van der Waals surface area (Å²) in [5.41, 5.74) is 15.3. The summed E-state index contributed by atoms with van der Waals surface area (Å²) in [4.78, 5) is 0. The molecule has 2 aliphatic rings. The van der Waals surface area contributed by atoms with Crippen LogP contribution in [0.4, 0.5) is 0 Å². The van der Waals surface area contributed by atoms with Gasteiger partial charge in [0.2, 0.25) is 0 Å². The van der Waals surface area contributed by atoms with Crippen molar-refractivity contribution >= 4 is 15.6 Å². The summed E-state index contributed by atoms with van der Waals surface area (Å²) in [6.07, 6.45) is 4.52. The largest absolute Gasteiger partial charge is 3.00 e. The van der Waals surface area contributed by atoms with Gasteiger partial charge in [0.1, 0.15) is 0 Å². The van der Waals surface area contributed by atoms with Crippen molar-refractivity contribution < 1.29 is 51.0 Å². The van der Waals surface area contributed by atoms with Gasteiger partial charge in [0, 0.05) is 15.4 Å². The molecule has 4 aromatic rings. The second kappa shape index (κ2) is 13.9. The van der Waals surface area contributed by atoms with Gasteiger partial charge >= 0.3 is 26.2 Å². The van der Waals surface area contributed by atoms with Crippen LogP contribution in [-0.2, 0) is 32.6 Å². The Morgan fingerprint density at radius 2 is 1.57 bits per heavy atom. The third kappa shape index (κ3) is 5.99. The fraction of sp³-hybridized carbons (Fsp3) is 0.212. The molecule has 1 atom stereocenters. The van der Waals surface area contributed by atoms with Crippen molar-refractivity contribution in [1.82, 2.24) is 0 Å². The Balaban J connectivity index is 0.000000767. The number of hydrogen-bond acceptors (Lipinski definition) is 0. The number of benzene rings is 4. The first-order valence-corrected chi connectivity index (χ1v) is 14.3. The second-order valence-corrected chi connectivity index (χ2v) is 10.3. The van der Waals surface area contributed by atoms with Crippen LogP contribution in [0.2, 0.25) is 13.1 Å². The maximum absolute atomic E-state index is 3.68. The summed E-state index contributed by atoms with van der Waals surface area (Å²) in [7, 11) is 1.08. The molecule has 3 radical (unpaired) electrons. The van der Waals surface area contributed by atoms with Gasteiger partial charge in [0.15, 0.2) is 0 Å². The minimum absolute atomic E-state index is 0. The molecule has 0 saturated carbocycles. The molecule has 0 heterocycles. The first kappa shape index (κ1) is 31.5. The molecule has 4 aromatic carbocycles. The van der Waals surface area contributed by atoms with Gasteiger partial charge in [0.05, 0.1) is 0 Å². The molecule has 0 saturated heterocycles. The molecule has 0 N–H and O–H groups in total. The normalized spacial score (nSPS) is 13.8. The minimum atomic E-state index is 0. The van der Waals surface area contributed by atoms with Crippen LogP contribution in [0.5, 0.6) is 0 Å². The molecule has 37 heavy (non-hydrogen) atoms. The Bertz CT molecular complexity index is 1390. The van der Waals surface area contributed by atoms with Crippen LogP contribution >= 0.6 is 0 Å². The fourth-order valence-corrected chi connectivity index (χ4v) is 5.55. The standard InChI is InChI=1S/C31H25.C2H6Si.2ClH.Zr/c1-3-21-18-29-25(22-11-6-9-20(2)17-22)13-7-15-27(29)31(21)28-16-8-14-26-24-12-5-4-10-23(24)19-30(26)28;1-3-2;;;/h4-15,17-18,31H,3,19H2,1-2H3;1-2H3;2*1H;/q-1;;;;+3/p-2. The number of fused-ring (bicyclic) bond motifs is 4. The molecule has 6 rings (SSSR count). The molecule has 1 unspecified atom stereocenters. The number of hydrogen-bond donors (Lipinski definition) is 0. The first-order valence-electron chi connectivity index (χ1n) is 12.3. The van der Waals surface area contributed by atoms with E-state index in [1.165, 1.54) is 61.2 Å². The van der Waals surface area contributed by atoms with Crippen LogP contribution in [0.25, 0.3) is 28.3 Å². The molecule has 0 aromatic heterocycles. The maximum atomic E-state index is 3.68. The van der Waals surface area contributed by atoms with Crippen LogP contribution in [0.3, 0.4) is 0 Å². The van der Waals surface area contributed by atoms with Crippen molar-refractivity contribution in [1.29, 1.82) is 0 Å². The van der Waals surface area contributed by atoms with Crippen molar-refractivity contribution in [3.8, 4) is 22.3 Å². The second-order valence-electron chi connectivity index (χ2n) is 9.30. The summed E-state index contributed by atoms with van der Waals surface area (Å²) in [6, 6.07) is 32.6. The molecule has 0 nitrogen and oxygen atoms in total.